The molecular weight excluding hydrogens is 420 g/mol. The first kappa shape index (κ1) is 24.4. The molecular formula is C22H29ClN4O4. The van der Waals surface area contributed by atoms with E-state index in [4.69, 9.17) is 21.4 Å². The summed E-state index contributed by atoms with van der Waals surface area (Å²) in [6, 6.07) is 8.62. The van der Waals surface area contributed by atoms with Gasteiger partial charge < -0.3 is 20.1 Å². The minimum atomic E-state index is -0.358. The van der Waals surface area contributed by atoms with Crippen LogP contribution in [0.3, 0.4) is 0 Å². The van der Waals surface area contributed by atoms with E-state index >= 15 is 0 Å². The van der Waals surface area contributed by atoms with Crippen molar-refractivity contribution < 1.29 is 19.4 Å². The smallest absolute Gasteiger partial charge is 0.250 e. The summed E-state index contributed by atoms with van der Waals surface area (Å²) in [7, 11) is 0. The van der Waals surface area contributed by atoms with Crippen molar-refractivity contribution in [3.05, 3.63) is 53.4 Å². The van der Waals surface area contributed by atoms with E-state index in [1.54, 1.807) is 41.2 Å². The van der Waals surface area contributed by atoms with Crippen LogP contribution in [-0.2, 0) is 16.1 Å². The van der Waals surface area contributed by atoms with Gasteiger partial charge in [0.1, 0.15) is 18.1 Å². The molecule has 2 N–H and O–H groups in total. The van der Waals surface area contributed by atoms with Crippen LogP contribution in [-0.4, -0.2) is 51.3 Å². The van der Waals surface area contributed by atoms with E-state index in [-0.39, 0.29) is 31.5 Å². The number of aromatic nitrogens is 2. The first-order valence-electron chi connectivity index (χ1n) is 10.3. The molecule has 1 aliphatic heterocycles. The summed E-state index contributed by atoms with van der Waals surface area (Å²) in [4.78, 5) is 25.6. The highest BCUT2D eigenvalue weighted by Crippen LogP contribution is 2.26. The van der Waals surface area contributed by atoms with E-state index < -0.39 is 0 Å². The largest absolute Gasteiger partial charge is 0.458 e. The lowest BCUT2D eigenvalue weighted by molar-refractivity contribution is -0.129. The normalized spacial score (nSPS) is 12.8. The third-order valence-corrected chi connectivity index (χ3v) is 4.62. The molecule has 8 nitrogen and oxygen atoms in total. The van der Waals surface area contributed by atoms with Gasteiger partial charge >= 0.3 is 0 Å². The van der Waals surface area contributed by atoms with Crippen molar-refractivity contribution in [1.82, 2.24) is 14.7 Å². The highest BCUT2D eigenvalue weighted by Gasteiger charge is 2.25. The Kier molecular flexibility index (Phi) is 10.1. The van der Waals surface area contributed by atoms with Gasteiger partial charge in [-0.15, -0.1) is 0 Å². The molecule has 2 amide bonds. The summed E-state index contributed by atoms with van der Waals surface area (Å²) in [6.07, 6.45) is 6.28. The van der Waals surface area contributed by atoms with Crippen LogP contribution < -0.4 is 10.1 Å². The number of aryl methyl sites for hydroxylation is 1. The number of unbranched alkanes of at least 4 members (excludes halogenated alkanes) is 1. The predicted octanol–water partition coefficient (Wildman–Crippen LogP) is 3.47. The highest BCUT2D eigenvalue weighted by molar-refractivity contribution is 6.32. The Balaban J connectivity index is 0.000000785. The number of aliphatic hydroxyl groups is 1. The molecule has 0 unspecified atom stereocenters. The second-order valence-electron chi connectivity index (χ2n) is 6.93. The number of anilines is 1. The Hall–Kier alpha value is -2.84. The molecule has 1 aliphatic rings. The van der Waals surface area contributed by atoms with Crippen LogP contribution in [0, 0.1) is 0 Å². The molecule has 0 saturated carbocycles. The van der Waals surface area contributed by atoms with Crippen LogP contribution in [0.25, 0.3) is 0 Å². The van der Waals surface area contributed by atoms with E-state index in [2.05, 4.69) is 24.3 Å². The number of carbonyl (C=O) groups excluding carboxylic acids is 2. The molecule has 168 valence electrons. The van der Waals surface area contributed by atoms with Crippen LogP contribution in [0.5, 0.6) is 5.75 Å². The number of hydrogen-bond acceptors (Lipinski definition) is 5. The molecule has 0 atom stereocenters. The molecule has 3 rings (SSSR count). The first-order valence-corrected chi connectivity index (χ1v) is 10.7. The van der Waals surface area contributed by atoms with Crippen LogP contribution in [0.4, 0.5) is 5.82 Å². The summed E-state index contributed by atoms with van der Waals surface area (Å²) in [6.45, 7) is 5.06. The first-order chi connectivity index (χ1) is 15.0. The topological polar surface area (TPSA) is 96.7 Å². The Labute approximate surface area is 187 Å². The monoisotopic (exact) mass is 448 g/mol. The van der Waals surface area contributed by atoms with Crippen molar-refractivity contribution in [3.63, 3.8) is 0 Å². The second kappa shape index (κ2) is 12.8. The van der Waals surface area contributed by atoms with Gasteiger partial charge in [-0.2, -0.15) is 5.10 Å². The lowest BCUT2D eigenvalue weighted by atomic mass is 10.3. The lowest BCUT2D eigenvalue weighted by Crippen LogP contribution is -2.35. The zero-order chi connectivity index (χ0) is 22.6. The van der Waals surface area contributed by atoms with Gasteiger partial charge in [0.25, 0.3) is 5.91 Å². The minimum Gasteiger partial charge on any atom is -0.458 e. The molecule has 0 aliphatic carbocycles. The maximum absolute atomic E-state index is 12.2. The highest BCUT2D eigenvalue weighted by atomic mass is 35.5. The number of nitrogens with one attached hydrogen (secondary N) is 1. The SMILES string of the molecule is CCCC.O=C(CN1CC(Oc2ccccc2Cl)=CC1=O)Nc1ccn(CCCO)n1. The number of amides is 2. The number of carbonyl (C=O) groups is 2. The van der Waals surface area contributed by atoms with E-state index in [9.17, 15) is 9.59 Å². The van der Waals surface area contributed by atoms with E-state index in [0.717, 1.165) is 0 Å². The molecule has 0 fully saturated rings. The number of rotatable bonds is 9. The van der Waals surface area contributed by atoms with Crippen LogP contribution in [0.2, 0.25) is 5.02 Å². The van der Waals surface area contributed by atoms with E-state index in [1.807, 2.05) is 0 Å². The number of nitrogens with zero attached hydrogens (tertiary/aromatic N) is 3. The molecule has 0 radical (unpaired) electrons. The quantitative estimate of drug-likeness (QED) is 0.612. The summed E-state index contributed by atoms with van der Waals surface area (Å²) in [5.41, 5.74) is 0. The Morgan fingerprint density at radius 3 is 2.68 bits per heavy atom. The van der Waals surface area contributed by atoms with Gasteiger partial charge in [-0.05, 0) is 18.6 Å². The van der Waals surface area contributed by atoms with Gasteiger partial charge in [-0.1, -0.05) is 50.4 Å². The Bertz CT molecular complexity index is 895. The molecule has 0 bridgehead atoms. The number of halogens is 1. The maximum Gasteiger partial charge on any atom is 0.250 e. The molecule has 2 aromatic rings. The molecule has 1 aromatic carbocycles. The fraction of sp³-hybridized carbons (Fsp3) is 0.409. The maximum atomic E-state index is 12.2. The molecule has 9 heteroatoms. The van der Waals surface area contributed by atoms with Crippen LogP contribution in [0.1, 0.15) is 33.1 Å². The number of ether oxygens (including phenoxy) is 1. The zero-order valence-corrected chi connectivity index (χ0v) is 18.6. The number of hydrogen-bond donors (Lipinski definition) is 2. The fourth-order valence-electron chi connectivity index (χ4n) is 2.55. The summed E-state index contributed by atoms with van der Waals surface area (Å²) < 4.78 is 7.28. The summed E-state index contributed by atoms with van der Waals surface area (Å²) >= 11 is 6.05. The van der Waals surface area contributed by atoms with Crippen molar-refractivity contribution in [2.24, 2.45) is 0 Å². The van der Waals surface area contributed by atoms with Crippen LogP contribution >= 0.6 is 11.6 Å². The second-order valence-corrected chi connectivity index (χ2v) is 7.33. The van der Waals surface area contributed by atoms with Gasteiger partial charge in [0.05, 0.1) is 11.6 Å². The van der Waals surface area contributed by atoms with E-state index in [0.29, 0.717) is 35.3 Å². The Morgan fingerprint density at radius 1 is 1.26 bits per heavy atom. The van der Waals surface area contributed by atoms with Crippen molar-refractivity contribution >= 4 is 29.2 Å². The summed E-state index contributed by atoms with van der Waals surface area (Å²) in [5, 5.41) is 16.1. The fourth-order valence-corrected chi connectivity index (χ4v) is 2.72. The van der Waals surface area contributed by atoms with Crippen molar-refractivity contribution in [2.45, 2.75) is 39.7 Å². The van der Waals surface area contributed by atoms with Crippen molar-refractivity contribution in [1.29, 1.82) is 0 Å². The number of para-hydroxylation sites is 1. The van der Waals surface area contributed by atoms with Gasteiger partial charge in [0.15, 0.2) is 5.82 Å². The summed E-state index contributed by atoms with van der Waals surface area (Å²) in [5.74, 6) is 0.612. The number of aliphatic hydroxyl groups excluding tert-OH is 1. The minimum absolute atomic E-state index is 0.0736. The standard InChI is InChI=1S/C18H19ClN4O4.C4H10/c19-14-4-1-2-5-15(14)27-13-10-18(26)22(11-13)12-17(25)20-16-6-8-23(21-16)7-3-9-24;1-3-4-2/h1-2,4-6,8,10,24H,3,7,9,11-12H2,(H,20,21,25);3-4H2,1-2H3. The molecule has 31 heavy (non-hydrogen) atoms. The van der Waals surface area contributed by atoms with E-state index in [1.165, 1.54) is 23.8 Å². The van der Waals surface area contributed by atoms with Gasteiger partial charge in [0, 0.05) is 31.5 Å². The third kappa shape index (κ3) is 8.07. The van der Waals surface area contributed by atoms with Gasteiger partial charge in [-0.25, -0.2) is 0 Å². The predicted molar refractivity (Wildman–Crippen MR) is 120 cm³/mol. The third-order valence-electron chi connectivity index (χ3n) is 4.31. The van der Waals surface area contributed by atoms with Crippen LogP contribution in [0.15, 0.2) is 48.4 Å². The molecule has 0 spiro atoms. The lowest BCUT2D eigenvalue weighted by Gasteiger charge is -2.16. The number of benzene rings is 1. The molecule has 1 aromatic heterocycles. The average molecular weight is 449 g/mol. The van der Waals surface area contributed by atoms with Crippen molar-refractivity contribution in [2.75, 3.05) is 25.0 Å². The Morgan fingerprint density at radius 2 is 2.00 bits per heavy atom. The van der Waals surface area contributed by atoms with Gasteiger partial charge in [0.2, 0.25) is 5.91 Å². The van der Waals surface area contributed by atoms with Crippen molar-refractivity contribution in [3.8, 4) is 5.75 Å². The molecule has 2 heterocycles. The zero-order valence-electron chi connectivity index (χ0n) is 17.9. The molecule has 0 saturated heterocycles. The average Bonchev–Trinajstić information content (AvgIpc) is 3.34. The van der Waals surface area contributed by atoms with Gasteiger partial charge in [-0.3, -0.25) is 14.3 Å².